The summed E-state index contributed by atoms with van der Waals surface area (Å²) in [5, 5.41) is 8.75. The van der Waals surface area contributed by atoms with Crippen LogP contribution < -0.4 is 4.90 Å². The predicted molar refractivity (Wildman–Crippen MR) is 69.0 cm³/mol. The Kier molecular flexibility index (Phi) is 4.64. The van der Waals surface area contributed by atoms with Crippen LogP contribution in [0.3, 0.4) is 0 Å². The molecule has 104 valence electrons. The van der Waals surface area contributed by atoms with E-state index in [2.05, 4.69) is 14.9 Å². The third kappa shape index (κ3) is 3.87. The van der Waals surface area contributed by atoms with Crippen LogP contribution in [0.2, 0.25) is 0 Å². The number of aliphatic carboxylic acids is 1. The lowest BCUT2D eigenvalue weighted by Gasteiger charge is -2.34. The maximum absolute atomic E-state index is 10.6. The van der Waals surface area contributed by atoms with Gasteiger partial charge in [-0.2, -0.15) is 0 Å². The first kappa shape index (κ1) is 13.7. The summed E-state index contributed by atoms with van der Waals surface area (Å²) in [6, 6.07) is 1.91. The molecule has 0 amide bonds. The highest BCUT2D eigenvalue weighted by Crippen LogP contribution is 2.14. The summed E-state index contributed by atoms with van der Waals surface area (Å²) in [6.07, 6.45) is 1.54. The molecule has 1 aliphatic heterocycles. The quantitative estimate of drug-likeness (QED) is 0.792. The molecule has 7 nitrogen and oxygen atoms in total. The van der Waals surface area contributed by atoms with Gasteiger partial charge in [0.2, 0.25) is 0 Å². The molecule has 1 N–H and O–H groups in total. The Morgan fingerprint density at radius 2 is 2.11 bits per heavy atom. The predicted octanol–water partition coefficient (Wildman–Crippen LogP) is -0.170. The number of methoxy groups -OCH3 is 1. The molecule has 0 bridgehead atoms. The summed E-state index contributed by atoms with van der Waals surface area (Å²) in [5.74, 6) is 0.0925. The number of piperazine rings is 1. The summed E-state index contributed by atoms with van der Waals surface area (Å²) in [4.78, 5) is 23.1. The molecule has 0 spiro atoms. The van der Waals surface area contributed by atoms with Crippen molar-refractivity contribution in [3.05, 3.63) is 18.1 Å². The van der Waals surface area contributed by atoms with Gasteiger partial charge in [-0.3, -0.25) is 9.69 Å². The minimum atomic E-state index is -0.780. The number of nitrogens with zero attached hydrogens (tertiary/aromatic N) is 4. The highest BCUT2D eigenvalue weighted by atomic mass is 16.5. The monoisotopic (exact) mass is 266 g/mol. The SMILES string of the molecule is COCc1cc(N2CCN(CC(=O)O)CC2)ncn1. The van der Waals surface area contributed by atoms with Crippen LogP contribution in [0.25, 0.3) is 0 Å². The van der Waals surface area contributed by atoms with Crippen LogP contribution in [-0.2, 0) is 16.1 Å². The number of carboxylic acid groups (broad SMARTS) is 1. The van der Waals surface area contributed by atoms with Gasteiger partial charge in [0.1, 0.15) is 12.1 Å². The van der Waals surface area contributed by atoms with Crippen LogP contribution in [0, 0.1) is 0 Å². The Bertz CT molecular complexity index is 433. The molecule has 19 heavy (non-hydrogen) atoms. The van der Waals surface area contributed by atoms with Gasteiger partial charge in [-0.1, -0.05) is 0 Å². The second kappa shape index (κ2) is 6.44. The summed E-state index contributed by atoms with van der Waals surface area (Å²) < 4.78 is 5.05. The van der Waals surface area contributed by atoms with Crippen molar-refractivity contribution in [2.75, 3.05) is 44.7 Å². The van der Waals surface area contributed by atoms with E-state index in [9.17, 15) is 4.79 Å². The van der Waals surface area contributed by atoms with E-state index in [0.717, 1.165) is 37.7 Å². The summed E-state index contributed by atoms with van der Waals surface area (Å²) in [7, 11) is 1.63. The molecule has 0 aliphatic carbocycles. The van der Waals surface area contributed by atoms with E-state index in [-0.39, 0.29) is 6.54 Å². The zero-order valence-corrected chi connectivity index (χ0v) is 10.9. The number of aromatic nitrogens is 2. The van der Waals surface area contributed by atoms with Crippen LogP contribution in [0.5, 0.6) is 0 Å². The van der Waals surface area contributed by atoms with E-state index < -0.39 is 5.97 Å². The van der Waals surface area contributed by atoms with Crippen molar-refractivity contribution in [2.24, 2.45) is 0 Å². The zero-order chi connectivity index (χ0) is 13.7. The van der Waals surface area contributed by atoms with Crippen molar-refractivity contribution < 1.29 is 14.6 Å². The molecule has 0 saturated carbocycles. The third-order valence-corrected chi connectivity index (χ3v) is 3.06. The smallest absolute Gasteiger partial charge is 0.317 e. The normalized spacial score (nSPS) is 16.6. The van der Waals surface area contributed by atoms with Crippen molar-refractivity contribution in [3.8, 4) is 0 Å². The Morgan fingerprint density at radius 1 is 1.37 bits per heavy atom. The molecular formula is C12H18N4O3. The zero-order valence-electron chi connectivity index (χ0n) is 10.9. The van der Waals surface area contributed by atoms with Gasteiger partial charge < -0.3 is 14.7 Å². The van der Waals surface area contributed by atoms with E-state index in [1.54, 1.807) is 7.11 Å². The second-order valence-electron chi connectivity index (χ2n) is 4.46. The minimum absolute atomic E-state index is 0.104. The fourth-order valence-electron chi connectivity index (χ4n) is 2.11. The topological polar surface area (TPSA) is 78.8 Å². The van der Waals surface area contributed by atoms with Gasteiger partial charge in [-0.15, -0.1) is 0 Å². The molecule has 0 unspecified atom stereocenters. The Hall–Kier alpha value is -1.73. The highest BCUT2D eigenvalue weighted by Gasteiger charge is 2.19. The molecule has 1 aliphatic rings. The first-order chi connectivity index (χ1) is 9.19. The van der Waals surface area contributed by atoms with E-state index >= 15 is 0 Å². The van der Waals surface area contributed by atoms with Crippen LogP contribution in [-0.4, -0.2) is 65.8 Å². The van der Waals surface area contributed by atoms with Crippen molar-refractivity contribution in [1.82, 2.24) is 14.9 Å². The molecule has 0 radical (unpaired) electrons. The van der Waals surface area contributed by atoms with Crippen molar-refractivity contribution >= 4 is 11.8 Å². The maximum Gasteiger partial charge on any atom is 0.317 e. The lowest BCUT2D eigenvalue weighted by atomic mass is 10.3. The van der Waals surface area contributed by atoms with Gasteiger partial charge in [0.25, 0.3) is 0 Å². The number of hydrogen-bond donors (Lipinski definition) is 1. The summed E-state index contributed by atoms with van der Waals surface area (Å²) >= 11 is 0. The third-order valence-electron chi connectivity index (χ3n) is 3.06. The second-order valence-corrected chi connectivity index (χ2v) is 4.46. The molecule has 0 aromatic carbocycles. The molecule has 2 rings (SSSR count). The number of ether oxygens (including phenoxy) is 1. The highest BCUT2D eigenvalue weighted by molar-refractivity contribution is 5.69. The average molecular weight is 266 g/mol. The van der Waals surface area contributed by atoms with Crippen LogP contribution >= 0.6 is 0 Å². The molecule has 7 heteroatoms. The van der Waals surface area contributed by atoms with Crippen LogP contribution in [0.15, 0.2) is 12.4 Å². The van der Waals surface area contributed by atoms with Gasteiger partial charge in [-0.25, -0.2) is 9.97 Å². The number of carbonyl (C=O) groups is 1. The van der Waals surface area contributed by atoms with Gasteiger partial charge in [0.05, 0.1) is 18.8 Å². The fraction of sp³-hybridized carbons (Fsp3) is 0.583. The first-order valence-corrected chi connectivity index (χ1v) is 6.18. The summed E-state index contributed by atoms with van der Waals surface area (Å²) in [6.45, 7) is 3.58. The Labute approximate surface area is 111 Å². The number of rotatable bonds is 5. The number of carboxylic acids is 1. The van der Waals surface area contributed by atoms with Gasteiger partial charge in [0.15, 0.2) is 0 Å². The standard InChI is InChI=1S/C12H18N4O3/c1-19-8-10-6-11(14-9-13-10)16-4-2-15(3-5-16)7-12(17)18/h6,9H,2-5,7-8H2,1H3,(H,17,18). The first-order valence-electron chi connectivity index (χ1n) is 6.18. The molecule has 1 aromatic rings. The number of anilines is 1. The lowest BCUT2D eigenvalue weighted by Crippen LogP contribution is -2.48. The Balaban J connectivity index is 1.93. The van der Waals surface area contributed by atoms with Crippen LogP contribution in [0.1, 0.15) is 5.69 Å². The Morgan fingerprint density at radius 3 is 2.74 bits per heavy atom. The van der Waals surface area contributed by atoms with Crippen molar-refractivity contribution in [2.45, 2.75) is 6.61 Å². The van der Waals surface area contributed by atoms with Crippen molar-refractivity contribution in [3.63, 3.8) is 0 Å². The largest absolute Gasteiger partial charge is 0.480 e. The summed E-state index contributed by atoms with van der Waals surface area (Å²) in [5.41, 5.74) is 0.848. The molecule has 1 aromatic heterocycles. The maximum atomic E-state index is 10.6. The minimum Gasteiger partial charge on any atom is -0.480 e. The van der Waals surface area contributed by atoms with Gasteiger partial charge in [-0.05, 0) is 0 Å². The molecule has 1 fully saturated rings. The van der Waals surface area contributed by atoms with Crippen LogP contribution in [0.4, 0.5) is 5.82 Å². The van der Waals surface area contributed by atoms with Gasteiger partial charge >= 0.3 is 5.97 Å². The lowest BCUT2D eigenvalue weighted by molar-refractivity contribution is -0.138. The molecule has 2 heterocycles. The van der Waals surface area contributed by atoms with E-state index in [4.69, 9.17) is 9.84 Å². The molecular weight excluding hydrogens is 248 g/mol. The van der Waals surface area contributed by atoms with E-state index in [1.165, 1.54) is 6.33 Å². The molecule has 0 atom stereocenters. The average Bonchev–Trinajstić information content (AvgIpc) is 2.40. The number of hydrogen-bond acceptors (Lipinski definition) is 6. The van der Waals surface area contributed by atoms with Crippen molar-refractivity contribution in [1.29, 1.82) is 0 Å². The van der Waals surface area contributed by atoms with E-state index in [1.807, 2.05) is 11.0 Å². The molecule has 1 saturated heterocycles. The fourth-order valence-corrected chi connectivity index (χ4v) is 2.11. The van der Waals surface area contributed by atoms with Gasteiger partial charge in [0, 0.05) is 39.4 Å². The van der Waals surface area contributed by atoms with E-state index in [0.29, 0.717) is 6.61 Å².